The molecule has 0 saturated carbocycles. The van der Waals surface area contributed by atoms with Crippen molar-refractivity contribution in [2.45, 2.75) is 14.9 Å². The Kier molecular flexibility index (Phi) is 6.85. The van der Waals surface area contributed by atoms with Gasteiger partial charge in [0.2, 0.25) is 11.1 Å². The lowest BCUT2D eigenvalue weighted by atomic mass is 10.3. The average molecular weight is 450 g/mol. The first-order chi connectivity index (χ1) is 15.2. The lowest BCUT2D eigenvalue weighted by molar-refractivity contribution is -0.113. The van der Waals surface area contributed by atoms with Crippen LogP contribution in [0.15, 0.2) is 93.8 Å². The number of rotatable bonds is 8. The highest BCUT2D eigenvalue weighted by Gasteiger charge is 2.13. The summed E-state index contributed by atoms with van der Waals surface area (Å²) in [7, 11) is 1.61. The van der Waals surface area contributed by atoms with Gasteiger partial charge in [-0.3, -0.25) is 4.79 Å². The maximum absolute atomic E-state index is 12.6. The highest BCUT2D eigenvalue weighted by atomic mass is 32.2. The second-order valence-corrected chi connectivity index (χ2v) is 8.38. The van der Waals surface area contributed by atoms with Crippen molar-refractivity contribution in [1.29, 1.82) is 0 Å². The van der Waals surface area contributed by atoms with Crippen LogP contribution < -0.4 is 10.1 Å². The maximum atomic E-state index is 12.6. The number of methoxy groups -OCH3 is 1. The van der Waals surface area contributed by atoms with E-state index in [-0.39, 0.29) is 11.7 Å². The Hall–Kier alpha value is -3.30. The van der Waals surface area contributed by atoms with Crippen LogP contribution in [0.1, 0.15) is 0 Å². The van der Waals surface area contributed by atoms with Gasteiger partial charge in [-0.25, -0.2) is 0 Å². The zero-order chi connectivity index (χ0) is 21.5. The smallest absolute Gasteiger partial charge is 0.234 e. The molecule has 4 rings (SSSR count). The molecular weight excluding hydrogens is 430 g/mol. The molecule has 0 spiro atoms. The number of thioether (sulfide) groups is 1. The predicted octanol–water partition coefficient (Wildman–Crippen LogP) is 4.55. The summed E-state index contributed by atoms with van der Waals surface area (Å²) in [5.74, 6) is 0.800. The van der Waals surface area contributed by atoms with Crippen LogP contribution in [0.4, 0.5) is 5.69 Å². The fourth-order valence-electron chi connectivity index (χ4n) is 2.75. The van der Waals surface area contributed by atoms with Gasteiger partial charge in [0.1, 0.15) is 5.75 Å². The van der Waals surface area contributed by atoms with Gasteiger partial charge in [0.05, 0.1) is 24.2 Å². The molecule has 0 saturated heterocycles. The minimum absolute atomic E-state index is 0.129. The Labute approximate surface area is 188 Å². The quantitative estimate of drug-likeness (QED) is 0.395. The highest BCUT2D eigenvalue weighted by molar-refractivity contribution is 8.00. The van der Waals surface area contributed by atoms with Crippen LogP contribution in [-0.2, 0) is 4.79 Å². The Balaban J connectivity index is 1.40. The Bertz CT molecular complexity index is 1150. The van der Waals surface area contributed by atoms with Gasteiger partial charge in [-0.2, -0.15) is 4.68 Å². The van der Waals surface area contributed by atoms with Crippen molar-refractivity contribution in [3.05, 3.63) is 78.9 Å². The molecule has 31 heavy (non-hydrogen) atoms. The zero-order valence-electron chi connectivity index (χ0n) is 16.6. The van der Waals surface area contributed by atoms with Gasteiger partial charge in [0.25, 0.3) is 0 Å². The topological polar surface area (TPSA) is 81.9 Å². The van der Waals surface area contributed by atoms with Crippen molar-refractivity contribution in [1.82, 2.24) is 20.2 Å². The van der Waals surface area contributed by atoms with Crippen LogP contribution in [0.25, 0.3) is 5.69 Å². The fourth-order valence-corrected chi connectivity index (χ4v) is 4.36. The number of nitrogens with one attached hydrogen (secondary N) is 1. The van der Waals surface area contributed by atoms with Crippen molar-refractivity contribution in [3.63, 3.8) is 0 Å². The molecule has 1 N–H and O–H groups in total. The van der Waals surface area contributed by atoms with Crippen molar-refractivity contribution in [2.75, 3.05) is 18.2 Å². The van der Waals surface area contributed by atoms with E-state index >= 15 is 0 Å². The lowest BCUT2D eigenvalue weighted by Crippen LogP contribution is -2.15. The molecule has 1 heterocycles. The standard InChI is InChI=1S/C22H19N5O2S2/c1-29-17-13-11-16(12-14-17)27-22(24-25-26-27)30-15-21(28)23-19-9-5-6-10-20(19)31-18-7-3-2-4-8-18/h2-14H,15H2,1H3,(H,23,28). The monoisotopic (exact) mass is 449 g/mol. The average Bonchev–Trinajstić information content (AvgIpc) is 3.28. The molecule has 3 aromatic carbocycles. The Morgan fingerprint density at radius 3 is 2.52 bits per heavy atom. The van der Waals surface area contributed by atoms with E-state index in [1.165, 1.54) is 11.8 Å². The number of amides is 1. The first kappa shape index (κ1) is 21.0. The number of carbonyl (C=O) groups is 1. The second kappa shape index (κ2) is 10.1. The molecule has 1 aromatic heterocycles. The molecule has 0 radical (unpaired) electrons. The molecule has 9 heteroatoms. The summed E-state index contributed by atoms with van der Waals surface area (Å²) in [4.78, 5) is 14.7. The van der Waals surface area contributed by atoms with E-state index in [4.69, 9.17) is 4.74 Å². The van der Waals surface area contributed by atoms with Gasteiger partial charge >= 0.3 is 0 Å². The summed E-state index contributed by atoms with van der Waals surface area (Å²) in [5, 5.41) is 15.3. The van der Waals surface area contributed by atoms with E-state index in [9.17, 15) is 4.79 Å². The Morgan fingerprint density at radius 1 is 1.00 bits per heavy atom. The first-order valence-electron chi connectivity index (χ1n) is 9.40. The maximum Gasteiger partial charge on any atom is 0.234 e. The largest absolute Gasteiger partial charge is 0.497 e. The predicted molar refractivity (Wildman–Crippen MR) is 122 cm³/mol. The summed E-state index contributed by atoms with van der Waals surface area (Å²) < 4.78 is 6.77. The van der Waals surface area contributed by atoms with Gasteiger partial charge in [0.15, 0.2) is 0 Å². The summed E-state index contributed by atoms with van der Waals surface area (Å²) >= 11 is 2.88. The summed E-state index contributed by atoms with van der Waals surface area (Å²) in [6.45, 7) is 0. The van der Waals surface area contributed by atoms with E-state index in [0.29, 0.717) is 5.16 Å². The molecular formula is C22H19N5O2S2. The van der Waals surface area contributed by atoms with Crippen molar-refractivity contribution >= 4 is 35.1 Å². The van der Waals surface area contributed by atoms with Crippen molar-refractivity contribution < 1.29 is 9.53 Å². The third kappa shape index (κ3) is 5.44. The number of nitrogens with zero attached hydrogens (tertiary/aromatic N) is 4. The number of aromatic nitrogens is 4. The lowest BCUT2D eigenvalue weighted by Gasteiger charge is -2.10. The van der Waals surface area contributed by atoms with E-state index in [1.807, 2.05) is 78.9 Å². The minimum Gasteiger partial charge on any atom is -0.497 e. The SMILES string of the molecule is COc1ccc(-n2nnnc2SCC(=O)Nc2ccccc2Sc2ccccc2)cc1. The molecule has 0 aliphatic heterocycles. The van der Waals surface area contributed by atoms with Crippen LogP contribution in [0, 0.1) is 0 Å². The molecule has 0 aliphatic rings. The number of ether oxygens (including phenoxy) is 1. The third-order valence-electron chi connectivity index (χ3n) is 4.22. The highest BCUT2D eigenvalue weighted by Crippen LogP contribution is 2.33. The van der Waals surface area contributed by atoms with E-state index in [1.54, 1.807) is 23.6 Å². The van der Waals surface area contributed by atoms with Gasteiger partial charge in [-0.05, 0) is 59.0 Å². The van der Waals surface area contributed by atoms with Crippen LogP contribution in [-0.4, -0.2) is 39.0 Å². The normalized spacial score (nSPS) is 10.6. The minimum atomic E-state index is -0.129. The van der Waals surface area contributed by atoms with E-state index in [0.717, 1.165) is 26.9 Å². The molecule has 0 unspecified atom stereocenters. The van der Waals surface area contributed by atoms with Gasteiger partial charge < -0.3 is 10.1 Å². The molecule has 0 bridgehead atoms. The summed E-state index contributed by atoms with van der Waals surface area (Å²) in [6.07, 6.45) is 0. The number of benzene rings is 3. The van der Waals surface area contributed by atoms with Crippen LogP contribution in [0.2, 0.25) is 0 Å². The van der Waals surface area contributed by atoms with E-state index < -0.39 is 0 Å². The number of tetrazole rings is 1. The molecule has 4 aromatic rings. The van der Waals surface area contributed by atoms with Crippen molar-refractivity contribution in [3.8, 4) is 11.4 Å². The second-order valence-electron chi connectivity index (χ2n) is 6.32. The van der Waals surface area contributed by atoms with Gasteiger partial charge in [0, 0.05) is 9.79 Å². The van der Waals surface area contributed by atoms with Gasteiger partial charge in [-0.15, -0.1) is 5.10 Å². The molecule has 1 amide bonds. The number of hydrogen-bond donors (Lipinski definition) is 1. The van der Waals surface area contributed by atoms with Gasteiger partial charge in [-0.1, -0.05) is 53.9 Å². The number of hydrogen-bond acceptors (Lipinski definition) is 7. The van der Waals surface area contributed by atoms with Crippen LogP contribution >= 0.6 is 23.5 Å². The molecule has 0 fully saturated rings. The number of para-hydroxylation sites is 1. The third-order valence-corrected chi connectivity index (χ3v) is 6.23. The fraction of sp³-hybridized carbons (Fsp3) is 0.0909. The zero-order valence-corrected chi connectivity index (χ0v) is 18.3. The molecule has 156 valence electrons. The van der Waals surface area contributed by atoms with Crippen LogP contribution in [0.3, 0.4) is 0 Å². The summed E-state index contributed by atoms with van der Waals surface area (Å²) in [6, 6.07) is 25.2. The first-order valence-corrected chi connectivity index (χ1v) is 11.2. The van der Waals surface area contributed by atoms with Crippen LogP contribution in [0.5, 0.6) is 5.75 Å². The molecule has 0 aliphatic carbocycles. The molecule has 7 nitrogen and oxygen atoms in total. The number of carbonyl (C=O) groups excluding carboxylic acids is 1. The summed E-state index contributed by atoms with van der Waals surface area (Å²) in [5.41, 5.74) is 1.56. The molecule has 0 atom stereocenters. The van der Waals surface area contributed by atoms with Crippen molar-refractivity contribution in [2.24, 2.45) is 0 Å². The Morgan fingerprint density at radius 2 is 1.74 bits per heavy atom. The number of anilines is 1. The van der Waals surface area contributed by atoms with E-state index in [2.05, 4.69) is 20.8 Å².